The molecule has 2 saturated heterocycles. The van der Waals surface area contributed by atoms with Gasteiger partial charge in [0, 0.05) is 44.5 Å². The van der Waals surface area contributed by atoms with Gasteiger partial charge in [-0.1, -0.05) is 48.5 Å². The van der Waals surface area contributed by atoms with Crippen LogP contribution in [-0.4, -0.2) is 45.3 Å². The second kappa shape index (κ2) is 8.29. The number of hydrogen-bond acceptors (Lipinski definition) is 5. The van der Waals surface area contributed by atoms with Crippen LogP contribution < -0.4 is 0 Å². The Morgan fingerprint density at radius 2 is 1.84 bits per heavy atom. The van der Waals surface area contributed by atoms with Gasteiger partial charge in [0.25, 0.3) is 5.91 Å². The third-order valence-electron chi connectivity index (χ3n) is 6.46. The molecule has 6 heteroatoms. The largest absolute Gasteiger partial charge is 0.330 e. The lowest BCUT2D eigenvalue weighted by molar-refractivity contribution is 0.0693. The van der Waals surface area contributed by atoms with Crippen LogP contribution in [0.1, 0.15) is 33.2 Å². The van der Waals surface area contributed by atoms with Crippen molar-refractivity contribution in [2.45, 2.75) is 12.6 Å². The van der Waals surface area contributed by atoms with Gasteiger partial charge < -0.3 is 4.90 Å². The van der Waals surface area contributed by atoms with Crippen LogP contribution in [0.3, 0.4) is 0 Å². The molecule has 2 fully saturated rings. The maximum Gasteiger partial charge on any atom is 0.274 e. The quantitative estimate of drug-likeness (QED) is 0.661. The van der Waals surface area contributed by atoms with Crippen LogP contribution in [0.5, 0.6) is 0 Å². The highest BCUT2D eigenvalue weighted by atomic mass is 16.2. The zero-order chi connectivity index (χ0) is 21.2. The van der Waals surface area contributed by atoms with Crippen molar-refractivity contribution in [3.05, 3.63) is 95.6 Å². The lowest BCUT2D eigenvalue weighted by atomic mass is 9.89. The van der Waals surface area contributed by atoms with Crippen molar-refractivity contribution in [1.29, 1.82) is 5.26 Å². The Kier molecular flexibility index (Phi) is 5.19. The van der Waals surface area contributed by atoms with Crippen molar-refractivity contribution < 1.29 is 4.79 Å². The first kappa shape index (κ1) is 19.4. The van der Waals surface area contributed by atoms with E-state index in [0.29, 0.717) is 24.1 Å². The van der Waals surface area contributed by atoms with E-state index >= 15 is 0 Å². The lowest BCUT2D eigenvalue weighted by Crippen LogP contribution is -2.36. The fraction of sp³-hybridized carbons (Fsp3) is 0.280. The molecule has 0 bridgehead atoms. The molecule has 3 aromatic rings. The number of benzene rings is 2. The van der Waals surface area contributed by atoms with Gasteiger partial charge in [-0.2, -0.15) is 5.26 Å². The molecule has 6 nitrogen and oxygen atoms in total. The molecule has 0 radical (unpaired) electrons. The molecular formula is C25H23N5O. The standard InChI is InChI=1S/C25H23N5O/c26-12-19-8-4-5-9-20(19)14-29-15-21-16-30(25(31)23-13-27-10-11-28-23)24(22(21)17-29)18-6-2-1-3-7-18/h1-11,13,21-22,24H,14-17H2/t21-,22-,24+/m0/s1. The Bertz CT molecular complexity index is 1110. The van der Waals surface area contributed by atoms with Crippen LogP contribution >= 0.6 is 0 Å². The number of likely N-dealkylation sites (tertiary alicyclic amines) is 2. The molecule has 0 N–H and O–H groups in total. The fourth-order valence-corrected chi connectivity index (χ4v) is 5.12. The number of amides is 1. The number of rotatable bonds is 4. The van der Waals surface area contributed by atoms with Crippen LogP contribution in [0.25, 0.3) is 0 Å². The van der Waals surface area contributed by atoms with E-state index in [2.05, 4.69) is 33.1 Å². The minimum absolute atomic E-state index is 0.0110. The van der Waals surface area contributed by atoms with Gasteiger partial charge in [0.1, 0.15) is 5.69 Å². The van der Waals surface area contributed by atoms with E-state index < -0.39 is 0 Å². The smallest absolute Gasteiger partial charge is 0.274 e. The van der Waals surface area contributed by atoms with Crippen molar-refractivity contribution in [2.75, 3.05) is 19.6 Å². The van der Waals surface area contributed by atoms with Crippen LogP contribution in [0.2, 0.25) is 0 Å². The summed E-state index contributed by atoms with van der Waals surface area (Å²) in [5, 5.41) is 9.42. The van der Waals surface area contributed by atoms with E-state index in [9.17, 15) is 10.1 Å². The fourth-order valence-electron chi connectivity index (χ4n) is 5.12. The second-order valence-electron chi connectivity index (χ2n) is 8.29. The summed E-state index contributed by atoms with van der Waals surface area (Å²) in [7, 11) is 0. The monoisotopic (exact) mass is 409 g/mol. The first-order valence-corrected chi connectivity index (χ1v) is 10.6. The summed E-state index contributed by atoms with van der Waals surface area (Å²) < 4.78 is 0. The minimum atomic E-state index is -0.0577. The van der Waals surface area contributed by atoms with E-state index in [-0.39, 0.29) is 11.9 Å². The van der Waals surface area contributed by atoms with E-state index in [0.717, 1.165) is 36.3 Å². The highest BCUT2D eigenvalue weighted by Crippen LogP contribution is 2.45. The predicted molar refractivity (Wildman–Crippen MR) is 116 cm³/mol. The molecule has 2 aromatic carbocycles. The van der Waals surface area contributed by atoms with Gasteiger partial charge in [-0.05, 0) is 23.1 Å². The molecule has 3 atom stereocenters. The molecule has 2 aliphatic heterocycles. The average Bonchev–Trinajstić information content (AvgIpc) is 3.37. The molecule has 3 heterocycles. The Balaban J connectivity index is 1.41. The zero-order valence-corrected chi connectivity index (χ0v) is 17.1. The number of carbonyl (C=O) groups excluding carboxylic acids is 1. The van der Waals surface area contributed by atoms with E-state index in [4.69, 9.17) is 0 Å². The van der Waals surface area contributed by atoms with Gasteiger partial charge in [0.2, 0.25) is 0 Å². The van der Waals surface area contributed by atoms with Gasteiger partial charge in [-0.3, -0.25) is 14.7 Å². The predicted octanol–water partition coefficient (Wildman–Crippen LogP) is 3.29. The van der Waals surface area contributed by atoms with Crippen molar-refractivity contribution in [2.24, 2.45) is 11.8 Å². The number of aromatic nitrogens is 2. The van der Waals surface area contributed by atoms with Crippen LogP contribution in [-0.2, 0) is 6.54 Å². The molecular weight excluding hydrogens is 386 g/mol. The van der Waals surface area contributed by atoms with E-state index in [1.165, 1.54) is 0 Å². The van der Waals surface area contributed by atoms with Crippen LogP contribution in [0.15, 0.2) is 73.2 Å². The van der Waals surface area contributed by atoms with Crippen LogP contribution in [0.4, 0.5) is 0 Å². The lowest BCUT2D eigenvalue weighted by Gasteiger charge is -2.30. The first-order chi connectivity index (χ1) is 15.2. The van der Waals surface area contributed by atoms with Gasteiger partial charge in [0.15, 0.2) is 0 Å². The van der Waals surface area contributed by atoms with Gasteiger partial charge in [0.05, 0.1) is 23.9 Å². The second-order valence-corrected chi connectivity index (χ2v) is 8.29. The zero-order valence-electron chi connectivity index (χ0n) is 17.1. The van der Waals surface area contributed by atoms with Crippen molar-refractivity contribution >= 4 is 5.91 Å². The number of hydrogen-bond donors (Lipinski definition) is 0. The Hall–Kier alpha value is -3.56. The van der Waals surface area contributed by atoms with Gasteiger partial charge >= 0.3 is 0 Å². The average molecular weight is 409 g/mol. The molecule has 0 aliphatic carbocycles. The summed E-state index contributed by atoms with van der Waals surface area (Å²) in [6.45, 7) is 3.28. The molecule has 1 amide bonds. The summed E-state index contributed by atoms with van der Waals surface area (Å²) in [6, 6.07) is 20.4. The topological polar surface area (TPSA) is 73.1 Å². The number of carbonyl (C=O) groups is 1. The van der Waals surface area contributed by atoms with E-state index in [1.54, 1.807) is 18.6 Å². The highest BCUT2D eigenvalue weighted by molar-refractivity contribution is 5.92. The summed E-state index contributed by atoms with van der Waals surface area (Å²) in [6.07, 6.45) is 4.70. The van der Waals surface area contributed by atoms with E-state index in [1.807, 2.05) is 47.4 Å². The minimum Gasteiger partial charge on any atom is -0.330 e. The maximum absolute atomic E-state index is 13.3. The molecule has 31 heavy (non-hydrogen) atoms. The Morgan fingerprint density at radius 1 is 1.03 bits per heavy atom. The summed E-state index contributed by atoms with van der Waals surface area (Å²) in [4.78, 5) is 26.0. The molecule has 0 spiro atoms. The maximum atomic E-state index is 13.3. The highest BCUT2D eigenvalue weighted by Gasteiger charge is 2.49. The molecule has 0 saturated carbocycles. The first-order valence-electron chi connectivity index (χ1n) is 10.6. The summed E-state index contributed by atoms with van der Waals surface area (Å²) >= 11 is 0. The Morgan fingerprint density at radius 3 is 2.61 bits per heavy atom. The number of nitriles is 1. The SMILES string of the molecule is N#Cc1ccccc1CN1C[C@H]2CN(C(=O)c3cnccn3)[C@H](c3ccccc3)[C@H]2C1. The molecule has 154 valence electrons. The normalized spacial score (nSPS) is 22.8. The van der Waals surface area contributed by atoms with Gasteiger partial charge in [-0.15, -0.1) is 0 Å². The van der Waals surface area contributed by atoms with Crippen molar-refractivity contribution in [1.82, 2.24) is 19.8 Å². The van der Waals surface area contributed by atoms with Crippen molar-refractivity contribution in [3.63, 3.8) is 0 Å². The number of fused-ring (bicyclic) bond motifs is 1. The Labute approximate surface area is 181 Å². The van der Waals surface area contributed by atoms with Crippen LogP contribution in [0, 0.1) is 23.2 Å². The molecule has 1 aromatic heterocycles. The summed E-state index contributed by atoms with van der Waals surface area (Å²) in [5.74, 6) is 0.676. The molecule has 2 aliphatic rings. The summed E-state index contributed by atoms with van der Waals surface area (Å²) in [5.41, 5.74) is 3.35. The van der Waals surface area contributed by atoms with Gasteiger partial charge in [-0.25, -0.2) is 4.98 Å². The van der Waals surface area contributed by atoms with Crippen molar-refractivity contribution in [3.8, 4) is 6.07 Å². The third-order valence-corrected chi connectivity index (χ3v) is 6.46. The third kappa shape index (κ3) is 3.69. The molecule has 0 unspecified atom stereocenters. The number of nitrogens with zero attached hydrogens (tertiary/aromatic N) is 5. The molecule has 5 rings (SSSR count).